The van der Waals surface area contributed by atoms with Gasteiger partial charge in [0.25, 0.3) is 5.91 Å². The molecular formula is C23H27ClN4O. The zero-order valence-corrected chi connectivity index (χ0v) is 17.5. The van der Waals surface area contributed by atoms with Crippen molar-refractivity contribution >= 4 is 28.5 Å². The summed E-state index contributed by atoms with van der Waals surface area (Å²) in [5.74, 6) is -0.0780. The summed E-state index contributed by atoms with van der Waals surface area (Å²) in [6.45, 7) is 2.02. The fourth-order valence-corrected chi connectivity index (χ4v) is 4.36. The Labute approximate surface area is 176 Å². The van der Waals surface area contributed by atoms with Crippen LogP contribution < -0.4 is 5.32 Å². The Morgan fingerprint density at radius 1 is 1.21 bits per heavy atom. The molecule has 0 unspecified atom stereocenters. The first-order chi connectivity index (χ1) is 14.1. The van der Waals surface area contributed by atoms with Gasteiger partial charge in [0.2, 0.25) is 0 Å². The van der Waals surface area contributed by atoms with Gasteiger partial charge >= 0.3 is 0 Å². The molecule has 0 spiro atoms. The minimum absolute atomic E-state index is 0.0485. The first kappa shape index (κ1) is 19.9. The molecule has 5 nitrogen and oxygen atoms in total. The van der Waals surface area contributed by atoms with E-state index in [1.54, 1.807) is 0 Å². The summed E-state index contributed by atoms with van der Waals surface area (Å²) in [5.41, 5.74) is 3.53. The second-order valence-electron chi connectivity index (χ2n) is 8.03. The van der Waals surface area contributed by atoms with Gasteiger partial charge in [-0.15, -0.1) is 5.10 Å². The van der Waals surface area contributed by atoms with Crippen LogP contribution in [0.25, 0.3) is 11.0 Å². The first-order valence-corrected chi connectivity index (χ1v) is 10.9. The van der Waals surface area contributed by atoms with Crippen molar-refractivity contribution < 1.29 is 4.79 Å². The van der Waals surface area contributed by atoms with Crippen LogP contribution in [-0.2, 0) is 6.42 Å². The van der Waals surface area contributed by atoms with Crippen LogP contribution in [0, 0.1) is 0 Å². The lowest BCUT2D eigenvalue weighted by atomic mass is 9.95. The Kier molecular flexibility index (Phi) is 6.14. The fourth-order valence-electron chi connectivity index (χ4n) is 4.13. The maximum absolute atomic E-state index is 12.7. The lowest BCUT2D eigenvalue weighted by Gasteiger charge is -2.21. The highest BCUT2D eigenvalue weighted by molar-refractivity contribution is 6.31. The molecule has 0 aliphatic heterocycles. The van der Waals surface area contributed by atoms with Gasteiger partial charge in [0.05, 0.1) is 11.6 Å². The highest BCUT2D eigenvalue weighted by Gasteiger charge is 2.19. The predicted octanol–water partition coefficient (Wildman–Crippen LogP) is 5.34. The molecule has 1 saturated carbocycles. The Morgan fingerprint density at radius 3 is 2.79 bits per heavy atom. The summed E-state index contributed by atoms with van der Waals surface area (Å²) in [6.07, 6.45) is 7.78. The summed E-state index contributed by atoms with van der Waals surface area (Å²) < 4.78 is 2.04. The number of halogens is 1. The van der Waals surface area contributed by atoms with Crippen molar-refractivity contribution in [3.05, 3.63) is 58.6 Å². The number of carbonyl (C=O) groups is 1. The van der Waals surface area contributed by atoms with Crippen molar-refractivity contribution in [1.29, 1.82) is 0 Å². The number of rotatable bonds is 6. The molecule has 0 bridgehead atoms. The molecule has 29 heavy (non-hydrogen) atoms. The smallest absolute Gasteiger partial charge is 0.251 e. The zero-order valence-electron chi connectivity index (χ0n) is 16.8. The van der Waals surface area contributed by atoms with E-state index in [0.29, 0.717) is 11.6 Å². The van der Waals surface area contributed by atoms with Crippen LogP contribution in [0.2, 0.25) is 5.02 Å². The van der Waals surface area contributed by atoms with Crippen molar-refractivity contribution in [3.63, 3.8) is 0 Å². The van der Waals surface area contributed by atoms with E-state index in [1.165, 1.54) is 19.3 Å². The Morgan fingerprint density at radius 2 is 2.00 bits per heavy atom. The van der Waals surface area contributed by atoms with Crippen molar-refractivity contribution in [2.45, 2.75) is 64.0 Å². The highest BCUT2D eigenvalue weighted by Crippen LogP contribution is 2.30. The van der Waals surface area contributed by atoms with E-state index in [9.17, 15) is 4.79 Å². The summed E-state index contributed by atoms with van der Waals surface area (Å²) in [7, 11) is 0. The van der Waals surface area contributed by atoms with Gasteiger partial charge in [0.1, 0.15) is 5.52 Å². The van der Waals surface area contributed by atoms with Gasteiger partial charge in [0, 0.05) is 16.6 Å². The molecule has 4 rings (SSSR count). The SMILES string of the molecule is C[C@@H](CCc1ccccc1Cl)NC(=O)c1ccc2c(c1)nnn2C1CCCCC1. The van der Waals surface area contributed by atoms with Gasteiger partial charge in [-0.1, -0.05) is 54.3 Å². The third-order valence-electron chi connectivity index (χ3n) is 5.84. The van der Waals surface area contributed by atoms with Crippen LogP contribution in [0.4, 0.5) is 0 Å². The van der Waals surface area contributed by atoms with Gasteiger partial charge in [-0.2, -0.15) is 0 Å². The number of aromatic nitrogens is 3. The van der Waals surface area contributed by atoms with E-state index in [2.05, 4.69) is 15.6 Å². The molecular weight excluding hydrogens is 384 g/mol. The molecule has 152 valence electrons. The van der Waals surface area contributed by atoms with Crippen LogP contribution in [-0.4, -0.2) is 26.9 Å². The topological polar surface area (TPSA) is 59.8 Å². The summed E-state index contributed by atoms with van der Waals surface area (Å²) in [6, 6.07) is 14.0. The normalized spacial score (nSPS) is 16.1. The molecule has 0 saturated heterocycles. The molecule has 1 heterocycles. The number of benzene rings is 2. The summed E-state index contributed by atoms with van der Waals surface area (Å²) >= 11 is 6.22. The summed E-state index contributed by atoms with van der Waals surface area (Å²) in [5, 5.41) is 12.6. The van der Waals surface area contributed by atoms with Crippen LogP contribution in [0.15, 0.2) is 42.5 Å². The van der Waals surface area contributed by atoms with Crippen molar-refractivity contribution in [1.82, 2.24) is 20.3 Å². The lowest BCUT2D eigenvalue weighted by molar-refractivity contribution is 0.0938. The predicted molar refractivity (Wildman–Crippen MR) is 116 cm³/mol. The largest absolute Gasteiger partial charge is 0.350 e. The minimum atomic E-state index is -0.0780. The van der Waals surface area contributed by atoms with E-state index in [0.717, 1.165) is 47.3 Å². The van der Waals surface area contributed by atoms with E-state index in [1.807, 2.05) is 54.1 Å². The average Bonchev–Trinajstić information content (AvgIpc) is 3.17. The number of aryl methyl sites for hydroxylation is 1. The molecule has 1 amide bonds. The molecule has 1 aromatic heterocycles. The van der Waals surface area contributed by atoms with Crippen LogP contribution >= 0.6 is 11.6 Å². The fraction of sp³-hybridized carbons (Fsp3) is 0.435. The Hall–Kier alpha value is -2.40. The van der Waals surface area contributed by atoms with Gasteiger partial charge < -0.3 is 5.32 Å². The third-order valence-corrected chi connectivity index (χ3v) is 6.20. The number of amides is 1. The van der Waals surface area contributed by atoms with Crippen LogP contribution in [0.1, 0.15) is 67.4 Å². The van der Waals surface area contributed by atoms with Crippen molar-refractivity contribution in [2.24, 2.45) is 0 Å². The molecule has 6 heteroatoms. The second-order valence-corrected chi connectivity index (χ2v) is 8.44. The number of fused-ring (bicyclic) bond motifs is 1. The monoisotopic (exact) mass is 410 g/mol. The van der Waals surface area contributed by atoms with E-state index in [-0.39, 0.29) is 11.9 Å². The number of nitrogens with zero attached hydrogens (tertiary/aromatic N) is 3. The molecule has 1 fully saturated rings. The molecule has 1 aliphatic rings. The van der Waals surface area contributed by atoms with Crippen LogP contribution in [0.3, 0.4) is 0 Å². The number of hydrogen-bond donors (Lipinski definition) is 1. The maximum Gasteiger partial charge on any atom is 0.251 e. The average molecular weight is 411 g/mol. The Balaban J connectivity index is 1.40. The van der Waals surface area contributed by atoms with E-state index >= 15 is 0 Å². The maximum atomic E-state index is 12.7. The number of carbonyl (C=O) groups excluding carboxylic acids is 1. The molecule has 3 aromatic rings. The number of nitrogens with one attached hydrogen (secondary N) is 1. The van der Waals surface area contributed by atoms with E-state index in [4.69, 9.17) is 11.6 Å². The number of hydrogen-bond acceptors (Lipinski definition) is 3. The third kappa shape index (κ3) is 4.61. The zero-order chi connectivity index (χ0) is 20.2. The molecule has 0 radical (unpaired) electrons. The van der Waals surface area contributed by atoms with Gasteiger partial charge in [0.15, 0.2) is 0 Å². The van der Waals surface area contributed by atoms with Gasteiger partial charge in [-0.3, -0.25) is 4.79 Å². The van der Waals surface area contributed by atoms with Gasteiger partial charge in [-0.05, 0) is 62.4 Å². The highest BCUT2D eigenvalue weighted by atomic mass is 35.5. The van der Waals surface area contributed by atoms with Gasteiger partial charge in [-0.25, -0.2) is 4.68 Å². The Bertz CT molecular complexity index is 993. The quantitative estimate of drug-likeness (QED) is 0.596. The standard InChI is InChI=1S/C23H27ClN4O/c1-16(11-12-17-7-5-6-10-20(17)24)25-23(29)18-13-14-22-21(15-18)26-27-28(22)19-8-3-2-4-9-19/h5-7,10,13-16,19H,2-4,8-9,11-12H2,1H3,(H,25,29)/t16-/m0/s1. The first-order valence-electron chi connectivity index (χ1n) is 10.5. The second kappa shape index (κ2) is 8.95. The van der Waals surface area contributed by atoms with Crippen LogP contribution in [0.5, 0.6) is 0 Å². The molecule has 2 aromatic carbocycles. The molecule has 1 aliphatic carbocycles. The molecule has 1 atom stereocenters. The van der Waals surface area contributed by atoms with Crippen molar-refractivity contribution in [3.8, 4) is 0 Å². The summed E-state index contributed by atoms with van der Waals surface area (Å²) in [4.78, 5) is 12.7. The minimum Gasteiger partial charge on any atom is -0.350 e. The van der Waals surface area contributed by atoms with Crippen molar-refractivity contribution in [2.75, 3.05) is 0 Å². The lowest BCUT2D eigenvalue weighted by Crippen LogP contribution is -2.32. The molecule has 1 N–H and O–H groups in total. The van der Waals surface area contributed by atoms with E-state index < -0.39 is 0 Å².